The number of alkyl halides is 3. The highest BCUT2D eigenvalue weighted by molar-refractivity contribution is 5.68. The van der Waals surface area contributed by atoms with Crippen LogP contribution in [0.2, 0.25) is 0 Å². The molecule has 0 spiro atoms. The lowest BCUT2D eigenvalue weighted by atomic mass is 9.95. The van der Waals surface area contributed by atoms with E-state index < -0.39 is 11.7 Å². The molecule has 0 saturated heterocycles. The largest absolute Gasteiger partial charge is 0.416 e. The molecular weight excluding hydrogens is 365 g/mol. The van der Waals surface area contributed by atoms with Crippen LogP contribution in [-0.2, 0) is 6.18 Å². The maximum Gasteiger partial charge on any atom is 0.416 e. The minimum atomic E-state index is -4.41. The fourth-order valence-electron chi connectivity index (χ4n) is 3.44. The van der Waals surface area contributed by atoms with Gasteiger partial charge < -0.3 is 5.73 Å². The third-order valence-corrected chi connectivity index (χ3v) is 4.95. The zero-order valence-electron chi connectivity index (χ0n) is 16.1. The molecule has 0 aliphatic rings. The van der Waals surface area contributed by atoms with E-state index in [1.54, 1.807) is 22.7 Å². The van der Waals surface area contributed by atoms with Gasteiger partial charge in [-0.25, -0.2) is 9.50 Å². The molecule has 1 aromatic carbocycles. The second-order valence-electron chi connectivity index (χ2n) is 7.20. The summed E-state index contributed by atoms with van der Waals surface area (Å²) in [6.45, 7) is 4.22. The standard InChI is InChI=1S/C21H25F3N4/c1-3-4-5-6-8-14(2)19-20(28-18(26-19)12-11-17(25)27-28)15-9-7-10-16(13-15)21(22,23)24/h7,9-14H,3-6,8H2,1-2H3,(H2,25,27). The summed E-state index contributed by atoms with van der Waals surface area (Å²) in [4.78, 5) is 4.68. The maximum absolute atomic E-state index is 13.2. The summed E-state index contributed by atoms with van der Waals surface area (Å²) < 4.78 is 41.2. The predicted molar refractivity (Wildman–Crippen MR) is 105 cm³/mol. The summed E-state index contributed by atoms with van der Waals surface area (Å²) in [5, 5.41) is 4.31. The van der Waals surface area contributed by atoms with Gasteiger partial charge in [-0.05, 0) is 30.7 Å². The van der Waals surface area contributed by atoms with Crippen LogP contribution in [0.15, 0.2) is 36.4 Å². The van der Waals surface area contributed by atoms with E-state index in [-0.39, 0.29) is 5.92 Å². The van der Waals surface area contributed by atoms with Crippen molar-refractivity contribution >= 4 is 11.5 Å². The number of fused-ring (bicyclic) bond motifs is 1. The van der Waals surface area contributed by atoms with Crippen LogP contribution in [0.4, 0.5) is 19.0 Å². The molecule has 28 heavy (non-hydrogen) atoms. The van der Waals surface area contributed by atoms with Crippen molar-refractivity contribution in [2.75, 3.05) is 5.73 Å². The summed E-state index contributed by atoms with van der Waals surface area (Å²) >= 11 is 0. The van der Waals surface area contributed by atoms with Gasteiger partial charge in [0.05, 0.1) is 17.0 Å². The number of imidazole rings is 1. The molecular formula is C21H25F3N4. The van der Waals surface area contributed by atoms with Gasteiger partial charge in [0.2, 0.25) is 0 Å². The molecule has 2 aromatic heterocycles. The van der Waals surface area contributed by atoms with Crippen LogP contribution in [0.5, 0.6) is 0 Å². The molecule has 3 aromatic rings. The highest BCUT2D eigenvalue weighted by Crippen LogP contribution is 2.36. The molecule has 150 valence electrons. The fourth-order valence-corrected chi connectivity index (χ4v) is 3.44. The Morgan fingerprint density at radius 1 is 1.11 bits per heavy atom. The smallest absolute Gasteiger partial charge is 0.382 e. The Labute approximate surface area is 162 Å². The molecule has 1 atom stereocenters. The molecule has 2 heterocycles. The molecule has 0 aliphatic carbocycles. The lowest BCUT2D eigenvalue weighted by Gasteiger charge is -2.13. The first kappa shape index (κ1) is 20.2. The quantitative estimate of drug-likeness (QED) is 0.498. The second kappa shape index (κ2) is 8.20. The molecule has 4 nitrogen and oxygen atoms in total. The van der Waals surface area contributed by atoms with Gasteiger partial charge in [-0.1, -0.05) is 51.7 Å². The Bertz CT molecular complexity index is 946. The molecule has 1 unspecified atom stereocenters. The van der Waals surface area contributed by atoms with E-state index in [1.165, 1.54) is 12.5 Å². The third kappa shape index (κ3) is 4.29. The minimum absolute atomic E-state index is 0.101. The summed E-state index contributed by atoms with van der Waals surface area (Å²) in [6.07, 6.45) is 1.04. The number of rotatable bonds is 7. The summed E-state index contributed by atoms with van der Waals surface area (Å²) in [6, 6.07) is 8.70. The number of nitrogen functional groups attached to an aromatic ring is 1. The number of hydrogen-bond donors (Lipinski definition) is 1. The number of nitrogens with two attached hydrogens (primary N) is 1. The van der Waals surface area contributed by atoms with E-state index in [0.717, 1.165) is 43.5 Å². The van der Waals surface area contributed by atoms with Crippen molar-refractivity contribution in [2.24, 2.45) is 0 Å². The van der Waals surface area contributed by atoms with E-state index in [9.17, 15) is 13.2 Å². The zero-order valence-corrected chi connectivity index (χ0v) is 16.1. The van der Waals surface area contributed by atoms with E-state index in [0.29, 0.717) is 22.7 Å². The Balaban J connectivity index is 2.08. The van der Waals surface area contributed by atoms with Crippen molar-refractivity contribution < 1.29 is 13.2 Å². The topological polar surface area (TPSA) is 56.2 Å². The van der Waals surface area contributed by atoms with Crippen molar-refractivity contribution in [3.63, 3.8) is 0 Å². The Kier molecular flexibility index (Phi) is 5.91. The van der Waals surface area contributed by atoms with Crippen molar-refractivity contribution in [2.45, 2.75) is 58.0 Å². The molecule has 0 aliphatic heterocycles. The number of halogens is 3. The van der Waals surface area contributed by atoms with Crippen molar-refractivity contribution in [3.8, 4) is 11.3 Å². The second-order valence-corrected chi connectivity index (χ2v) is 7.20. The number of benzene rings is 1. The van der Waals surface area contributed by atoms with Gasteiger partial charge in [0.15, 0.2) is 5.65 Å². The van der Waals surface area contributed by atoms with Crippen molar-refractivity contribution in [1.29, 1.82) is 0 Å². The SMILES string of the molecule is CCCCCCC(C)c1nc2ccc(N)nn2c1-c1cccc(C(F)(F)F)c1. The average Bonchev–Trinajstić information content (AvgIpc) is 3.03. The van der Waals surface area contributed by atoms with Crippen LogP contribution < -0.4 is 5.73 Å². The van der Waals surface area contributed by atoms with Crippen LogP contribution in [0.3, 0.4) is 0 Å². The molecule has 3 rings (SSSR count). The summed E-state index contributed by atoms with van der Waals surface area (Å²) in [5.74, 6) is 0.393. The zero-order chi connectivity index (χ0) is 20.3. The molecule has 0 fully saturated rings. The highest BCUT2D eigenvalue weighted by Gasteiger charge is 2.31. The van der Waals surface area contributed by atoms with E-state index in [4.69, 9.17) is 5.73 Å². The lowest BCUT2D eigenvalue weighted by molar-refractivity contribution is -0.137. The molecule has 2 N–H and O–H groups in total. The highest BCUT2D eigenvalue weighted by atomic mass is 19.4. The van der Waals surface area contributed by atoms with Gasteiger partial charge in [0.1, 0.15) is 5.82 Å². The molecule has 0 bridgehead atoms. The van der Waals surface area contributed by atoms with Gasteiger partial charge in [-0.3, -0.25) is 0 Å². The van der Waals surface area contributed by atoms with Gasteiger partial charge >= 0.3 is 6.18 Å². The molecule has 0 radical (unpaired) electrons. The number of hydrogen-bond acceptors (Lipinski definition) is 3. The van der Waals surface area contributed by atoms with Gasteiger partial charge in [0.25, 0.3) is 0 Å². The molecule has 0 saturated carbocycles. The average molecular weight is 390 g/mol. The first-order valence-electron chi connectivity index (χ1n) is 9.64. The number of anilines is 1. The van der Waals surface area contributed by atoms with E-state index in [1.807, 2.05) is 0 Å². The van der Waals surface area contributed by atoms with Gasteiger partial charge in [-0.15, -0.1) is 5.10 Å². The first-order chi connectivity index (χ1) is 13.3. The van der Waals surface area contributed by atoms with E-state index in [2.05, 4.69) is 23.9 Å². The number of aromatic nitrogens is 3. The van der Waals surface area contributed by atoms with Crippen LogP contribution >= 0.6 is 0 Å². The number of unbranched alkanes of at least 4 members (excludes halogenated alkanes) is 3. The van der Waals surface area contributed by atoms with Gasteiger partial charge in [-0.2, -0.15) is 13.2 Å². The Morgan fingerprint density at radius 2 is 1.89 bits per heavy atom. The van der Waals surface area contributed by atoms with E-state index >= 15 is 0 Å². The third-order valence-electron chi connectivity index (χ3n) is 4.95. The van der Waals surface area contributed by atoms with Gasteiger partial charge in [0, 0.05) is 11.5 Å². The predicted octanol–water partition coefficient (Wildman–Crippen LogP) is 6.07. The van der Waals surface area contributed by atoms with Crippen LogP contribution in [-0.4, -0.2) is 14.6 Å². The Morgan fingerprint density at radius 3 is 2.61 bits per heavy atom. The monoisotopic (exact) mass is 390 g/mol. The van der Waals surface area contributed by atoms with Crippen LogP contribution in [0, 0.1) is 0 Å². The lowest BCUT2D eigenvalue weighted by Crippen LogP contribution is -2.06. The Hall–Kier alpha value is -2.57. The minimum Gasteiger partial charge on any atom is -0.382 e. The van der Waals surface area contributed by atoms with Crippen LogP contribution in [0.25, 0.3) is 16.9 Å². The number of nitrogens with zero attached hydrogens (tertiary/aromatic N) is 3. The maximum atomic E-state index is 13.2. The van der Waals surface area contributed by atoms with Crippen molar-refractivity contribution in [3.05, 3.63) is 47.7 Å². The fraction of sp³-hybridized carbons (Fsp3) is 0.429. The summed E-state index contributed by atoms with van der Waals surface area (Å²) in [5.41, 5.74) is 7.50. The molecule has 7 heteroatoms. The summed E-state index contributed by atoms with van der Waals surface area (Å²) in [7, 11) is 0. The normalized spacial score (nSPS) is 13.2. The van der Waals surface area contributed by atoms with Crippen molar-refractivity contribution in [1.82, 2.24) is 14.6 Å². The first-order valence-corrected chi connectivity index (χ1v) is 9.64. The molecule has 0 amide bonds. The van der Waals surface area contributed by atoms with Crippen LogP contribution in [0.1, 0.15) is 63.1 Å².